The van der Waals surface area contributed by atoms with E-state index in [1.165, 1.54) is 6.07 Å². The van der Waals surface area contributed by atoms with Crippen molar-refractivity contribution in [3.8, 4) is 11.4 Å². The van der Waals surface area contributed by atoms with Gasteiger partial charge in [0.1, 0.15) is 5.82 Å². The first-order valence-electron chi connectivity index (χ1n) is 7.10. The lowest BCUT2D eigenvalue weighted by molar-refractivity contribution is 0.0728. The first-order chi connectivity index (χ1) is 10.3. The predicted octanol–water partition coefficient (Wildman–Crippen LogP) is 3.14. The minimum atomic E-state index is -0.269. The molecule has 4 nitrogen and oxygen atoms in total. The van der Waals surface area contributed by atoms with Crippen LogP contribution in [-0.2, 0) is 11.8 Å². The van der Waals surface area contributed by atoms with Gasteiger partial charge in [0.05, 0.1) is 5.56 Å². The van der Waals surface area contributed by atoms with Crippen molar-refractivity contribution in [2.45, 2.75) is 18.0 Å². The first kappa shape index (κ1) is 14.5. The molecule has 0 saturated carbocycles. The van der Waals surface area contributed by atoms with Crippen LogP contribution in [0.25, 0.3) is 11.4 Å². The van der Waals surface area contributed by atoms with E-state index in [4.69, 9.17) is 4.74 Å². The second kappa shape index (κ2) is 6.58. The molecule has 1 saturated heterocycles. The van der Waals surface area contributed by atoms with Crippen LogP contribution in [0.2, 0.25) is 0 Å². The van der Waals surface area contributed by atoms with Gasteiger partial charge in [0, 0.05) is 26.0 Å². The molecular formula is C15H18FN3OS. The number of halogens is 1. The zero-order valence-corrected chi connectivity index (χ0v) is 12.8. The molecule has 1 fully saturated rings. The van der Waals surface area contributed by atoms with Crippen LogP contribution >= 0.6 is 11.8 Å². The molecule has 0 radical (unpaired) electrons. The third-order valence-corrected chi connectivity index (χ3v) is 4.99. The van der Waals surface area contributed by atoms with Gasteiger partial charge in [-0.2, -0.15) is 0 Å². The fourth-order valence-electron chi connectivity index (χ4n) is 2.42. The van der Waals surface area contributed by atoms with Gasteiger partial charge in [-0.15, -0.1) is 10.2 Å². The highest BCUT2D eigenvalue weighted by molar-refractivity contribution is 7.99. The zero-order chi connectivity index (χ0) is 14.7. The summed E-state index contributed by atoms with van der Waals surface area (Å²) in [6.45, 7) is 1.70. The summed E-state index contributed by atoms with van der Waals surface area (Å²) in [6, 6.07) is 6.66. The molecule has 2 heterocycles. The lowest BCUT2D eigenvalue weighted by atomic mass is 10.0. The van der Waals surface area contributed by atoms with Crippen LogP contribution < -0.4 is 0 Å². The maximum absolute atomic E-state index is 13.8. The molecule has 112 valence electrons. The Morgan fingerprint density at radius 1 is 1.29 bits per heavy atom. The monoisotopic (exact) mass is 307 g/mol. The standard InChI is InChI=1S/C15H18FN3OS/c1-19-14(12-4-2-3-5-13(12)16)17-18-15(19)21-10-11-6-8-20-9-7-11/h2-5,11H,6-10H2,1H3. The number of hydrogen-bond donors (Lipinski definition) is 0. The molecule has 0 amide bonds. The molecule has 1 aliphatic rings. The molecule has 0 bridgehead atoms. The Hall–Kier alpha value is -1.40. The molecule has 6 heteroatoms. The Labute approximate surface area is 127 Å². The summed E-state index contributed by atoms with van der Waals surface area (Å²) < 4.78 is 21.1. The predicted molar refractivity (Wildman–Crippen MR) is 80.7 cm³/mol. The molecule has 0 atom stereocenters. The molecule has 0 N–H and O–H groups in total. The molecule has 0 spiro atoms. The number of thioether (sulfide) groups is 1. The second-order valence-corrected chi connectivity index (χ2v) is 6.20. The largest absolute Gasteiger partial charge is 0.381 e. The molecule has 2 aromatic rings. The summed E-state index contributed by atoms with van der Waals surface area (Å²) in [5.74, 6) is 1.97. The van der Waals surface area contributed by atoms with Crippen molar-refractivity contribution < 1.29 is 9.13 Å². The van der Waals surface area contributed by atoms with Crippen LogP contribution in [0.1, 0.15) is 12.8 Å². The number of nitrogens with zero attached hydrogens (tertiary/aromatic N) is 3. The van der Waals surface area contributed by atoms with E-state index in [9.17, 15) is 4.39 Å². The summed E-state index contributed by atoms with van der Waals surface area (Å²) in [4.78, 5) is 0. The SMILES string of the molecule is Cn1c(SCC2CCOCC2)nnc1-c1ccccc1F. The van der Waals surface area contributed by atoms with Crippen LogP contribution in [0.5, 0.6) is 0 Å². The minimum absolute atomic E-state index is 0.269. The van der Waals surface area contributed by atoms with Crippen molar-refractivity contribution in [1.82, 2.24) is 14.8 Å². The van der Waals surface area contributed by atoms with Crippen molar-refractivity contribution in [2.24, 2.45) is 13.0 Å². The van der Waals surface area contributed by atoms with Crippen molar-refractivity contribution in [2.75, 3.05) is 19.0 Å². The van der Waals surface area contributed by atoms with E-state index in [-0.39, 0.29) is 5.82 Å². The summed E-state index contributed by atoms with van der Waals surface area (Å²) >= 11 is 1.69. The van der Waals surface area contributed by atoms with E-state index in [1.54, 1.807) is 23.9 Å². The van der Waals surface area contributed by atoms with E-state index < -0.39 is 0 Å². The van der Waals surface area contributed by atoms with Crippen LogP contribution in [0, 0.1) is 11.7 Å². The van der Waals surface area contributed by atoms with Crippen molar-refractivity contribution in [1.29, 1.82) is 0 Å². The van der Waals surface area contributed by atoms with Gasteiger partial charge in [-0.1, -0.05) is 23.9 Å². The zero-order valence-electron chi connectivity index (χ0n) is 12.0. The van der Waals surface area contributed by atoms with Crippen LogP contribution in [0.4, 0.5) is 4.39 Å². The van der Waals surface area contributed by atoms with Crippen LogP contribution in [0.15, 0.2) is 29.4 Å². The Morgan fingerprint density at radius 2 is 2.05 bits per heavy atom. The summed E-state index contributed by atoms with van der Waals surface area (Å²) in [5.41, 5.74) is 0.491. The highest BCUT2D eigenvalue weighted by atomic mass is 32.2. The molecule has 21 heavy (non-hydrogen) atoms. The summed E-state index contributed by atoms with van der Waals surface area (Å²) in [5, 5.41) is 9.17. The molecule has 1 aromatic carbocycles. The average Bonchev–Trinajstić information content (AvgIpc) is 2.88. The highest BCUT2D eigenvalue weighted by Gasteiger charge is 2.18. The van der Waals surface area contributed by atoms with Crippen LogP contribution in [0.3, 0.4) is 0 Å². The van der Waals surface area contributed by atoms with Gasteiger partial charge in [-0.3, -0.25) is 0 Å². The smallest absolute Gasteiger partial charge is 0.191 e. The third-order valence-electron chi connectivity index (χ3n) is 3.74. The number of rotatable bonds is 4. The van der Waals surface area contributed by atoms with Crippen LogP contribution in [-0.4, -0.2) is 33.7 Å². The number of hydrogen-bond acceptors (Lipinski definition) is 4. The summed E-state index contributed by atoms with van der Waals surface area (Å²) in [7, 11) is 1.88. The Morgan fingerprint density at radius 3 is 2.81 bits per heavy atom. The number of benzene rings is 1. The Bertz CT molecular complexity index is 611. The van der Waals surface area contributed by atoms with Gasteiger partial charge in [-0.05, 0) is 30.9 Å². The van der Waals surface area contributed by atoms with Gasteiger partial charge < -0.3 is 9.30 Å². The van der Waals surface area contributed by atoms with E-state index in [1.807, 2.05) is 17.7 Å². The molecule has 1 aromatic heterocycles. The molecule has 1 aliphatic heterocycles. The average molecular weight is 307 g/mol. The van der Waals surface area contributed by atoms with Gasteiger partial charge in [0.15, 0.2) is 11.0 Å². The van der Waals surface area contributed by atoms with Gasteiger partial charge in [0.2, 0.25) is 0 Å². The fourth-order valence-corrected chi connectivity index (χ4v) is 3.52. The maximum Gasteiger partial charge on any atom is 0.191 e. The van der Waals surface area contributed by atoms with Gasteiger partial charge in [0.25, 0.3) is 0 Å². The maximum atomic E-state index is 13.8. The molecule has 3 rings (SSSR count). The molecule has 0 aliphatic carbocycles. The second-order valence-electron chi connectivity index (χ2n) is 5.21. The number of ether oxygens (including phenoxy) is 1. The van der Waals surface area contributed by atoms with Crippen molar-refractivity contribution in [3.05, 3.63) is 30.1 Å². The third kappa shape index (κ3) is 3.27. The fraction of sp³-hybridized carbons (Fsp3) is 0.467. The Kier molecular flexibility index (Phi) is 4.55. The highest BCUT2D eigenvalue weighted by Crippen LogP contribution is 2.27. The van der Waals surface area contributed by atoms with E-state index in [2.05, 4.69) is 10.2 Å². The summed E-state index contributed by atoms with van der Waals surface area (Å²) in [6.07, 6.45) is 2.20. The quantitative estimate of drug-likeness (QED) is 0.814. The lowest BCUT2D eigenvalue weighted by Crippen LogP contribution is -2.17. The van der Waals surface area contributed by atoms with E-state index in [0.717, 1.165) is 37.0 Å². The lowest BCUT2D eigenvalue weighted by Gasteiger charge is -2.21. The van der Waals surface area contributed by atoms with Gasteiger partial charge >= 0.3 is 0 Å². The molecule has 0 unspecified atom stereocenters. The van der Waals surface area contributed by atoms with E-state index >= 15 is 0 Å². The number of aromatic nitrogens is 3. The Balaban J connectivity index is 1.72. The van der Waals surface area contributed by atoms with Gasteiger partial charge in [-0.25, -0.2) is 4.39 Å². The van der Waals surface area contributed by atoms with Crippen molar-refractivity contribution in [3.63, 3.8) is 0 Å². The minimum Gasteiger partial charge on any atom is -0.381 e. The topological polar surface area (TPSA) is 39.9 Å². The normalized spacial score (nSPS) is 16.3. The van der Waals surface area contributed by atoms with E-state index in [0.29, 0.717) is 17.3 Å². The van der Waals surface area contributed by atoms with Crippen molar-refractivity contribution >= 4 is 11.8 Å². The first-order valence-corrected chi connectivity index (χ1v) is 8.09. The molecular weight excluding hydrogens is 289 g/mol.